The quantitative estimate of drug-likeness (QED) is 0.164. The van der Waals surface area contributed by atoms with Gasteiger partial charge in [-0.3, -0.25) is 0 Å². The average Bonchev–Trinajstić information content (AvgIpc) is 3.38. The molecule has 3 aromatic carbocycles. The Kier molecular flexibility index (Phi) is 7.86. The van der Waals surface area contributed by atoms with Gasteiger partial charge in [0.1, 0.15) is 0 Å². The number of benzene rings is 3. The summed E-state index contributed by atoms with van der Waals surface area (Å²) in [6.07, 6.45) is 10.2. The zero-order valence-electron chi connectivity index (χ0n) is 22.8. The summed E-state index contributed by atoms with van der Waals surface area (Å²) in [6, 6.07) is 21.4. The maximum atomic E-state index is 10.4. The second-order valence-electron chi connectivity index (χ2n) is 10.5. The van der Waals surface area contributed by atoms with Crippen molar-refractivity contribution in [2.75, 3.05) is 5.75 Å². The van der Waals surface area contributed by atoms with Crippen LogP contribution in [0.1, 0.15) is 75.1 Å². The minimum absolute atomic E-state index is 0.537. The van der Waals surface area contributed by atoms with E-state index in [2.05, 4.69) is 82.0 Å². The third kappa shape index (κ3) is 4.24. The molecule has 1 unspecified atom stereocenters. The van der Waals surface area contributed by atoms with Crippen LogP contribution < -0.4 is 5.46 Å². The van der Waals surface area contributed by atoms with Gasteiger partial charge >= 0.3 is 7.12 Å². The van der Waals surface area contributed by atoms with Crippen LogP contribution in [0.15, 0.2) is 95.4 Å². The highest BCUT2D eigenvalue weighted by molar-refractivity contribution is 7.99. The first-order valence-electron chi connectivity index (χ1n) is 13.9. The van der Waals surface area contributed by atoms with Crippen molar-refractivity contribution in [2.24, 2.45) is 0 Å². The van der Waals surface area contributed by atoms with E-state index in [1.54, 1.807) is 0 Å². The third-order valence-electron chi connectivity index (χ3n) is 8.04. The van der Waals surface area contributed by atoms with Gasteiger partial charge in [-0.05, 0) is 94.1 Å². The van der Waals surface area contributed by atoms with Gasteiger partial charge in [0.05, 0.1) is 5.41 Å². The van der Waals surface area contributed by atoms with Crippen molar-refractivity contribution < 1.29 is 10.0 Å². The Bertz CT molecular complexity index is 1430. The molecule has 2 nitrogen and oxygen atoms in total. The van der Waals surface area contributed by atoms with Crippen molar-refractivity contribution in [3.8, 4) is 11.1 Å². The molecule has 1 atom stereocenters. The van der Waals surface area contributed by atoms with Crippen LogP contribution in [0.25, 0.3) is 16.7 Å². The van der Waals surface area contributed by atoms with Crippen LogP contribution in [-0.4, -0.2) is 22.9 Å². The predicted molar refractivity (Wildman–Crippen MR) is 164 cm³/mol. The molecule has 4 heteroatoms. The van der Waals surface area contributed by atoms with Gasteiger partial charge in [-0.1, -0.05) is 99.5 Å². The molecule has 0 fully saturated rings. The number of rotatable bonds is 10. The summed E-state index contributed by atoms with van der Waals surface area (Å²) < 4.78 is 0. The molecular formula is C34H37BO2S. The number of hydrogen-bond donors (Lipinski definition) is 2. The molecule has 194 valence electrons. The molecule has 0 radical (unpaired) electrons. The summed E-state index contributed by atoms with van der Waals surface area (Å²) in [7, 11) is -1.54. The van der Waals surface area contributed by atoms with Crippen LogP contribution in [0.3, 0.4) is 0 Å². The SMILES string of the molecule is C=CC1=C(/C=C(\C)CCCC)C2(c3cc(SCCCC)ccc31)c1ccccc1-c1c(B(O)O)cccc12. The Balaban J connectivity index is 1.86. The topological polar surface area (TPSA) is 40.5 Å². The third-order valence-corrected chi connectivity index (χ3v) is 9.12. The summed E-state index contributed by atoms with van der Waals surface area (Å²) >= 11 is 1.92. The molecule has 38 heavy (non-hydrogen) atoms. The lowest BCUT2D eigenvalue weighted by molar-refractivity contribution is 0.426. The second-order valence-corrected chi connectivity index (χ2v) is 11.6. The first kappa shape index (κ1) is 26.8. The van der Waals surface area contributed by atoms with Crippen LogP contribution in [0.2, 0.25) is 0 Å². The molecule has 0 saturated heterocycles. The van der Waals surface area contributed by atoms with Gasteiger partial charge in [-0.25, -0.2) is 0 Å². The summed E-state index contributed by atoms with van der Waals surface area (Å²) in [4.78, 5) is 1.28. The lowest BCUT2D eigenvalue weighted by atomic mass is 9.68. The van der Waals surface area contributed by atoms with Crippen LogP contribution in [0, 0.1) is 0 Å². The molecule has 2 N–H and O–H groups in total. The molecule has 0 amide bonds. The lowest BCUT2D eigenvalue weighted by Crippen LogP contribution is -2.33. The van der Waals surface area contributed by atoms with E-state index >= 15 is 0 Å². The van der Waals surface area contributed by atoms with E-state index in [4.69, 9.17) is 0 Å². The lowest BCUT2D eigenvalue weighted by Gasteiger charge is -2.32. The Morgan fingerprint density at radius 3 is 2.42 bits per heavy atom. The molecule has 0 aliphatic heterocycles. The summed E-state index contributed by atoms with van der Waals surface area (Å²) in [5.74, 6) is 1.10. The summed E-state index contributed by atoms with van der Waals surface area (Å²) in [5.41, 5.74) is 10.6. The molecule has 3 aromatic rings. The number of thioether (sulfide) groups is 1. The highest BCUT2D eigenvalue weighted by Crippen LogP contribution is 2.62. The Labute approximate surface area is 232 Å². The Hall–Kier alpha value is -2.79. The van der Waals surface area contributed by atoms with Gasteiger partial charge in [0, 0.05) is 4.90 Å². The standard InChI is InChI=1S/C34H37BO2S/c1-5-8-13-23(4)21-30-25(7-3)26-19-18-24(38-20-9-6-2)22-31(26)34(30)28-15-11-10-14-27(28)33-29(34)16-12-17-32(33)35(36)37/h7,10-12,14-19,21-22,36-37H,3,5-6,8-9,13,20H2,1-2,4H3/b23-21+. The summed E-state index contributed by atoms with van der Waals surface area (Å²) in [6.45, 7) is 11.0. The van der Waals surface area contributed by atoms with Gasteiger partial charge in [0.2, 0.25) is 0 Å². The highest BCUT2D eigenvalue weighted by Gasteiger charge is 2.52. The van der Waals surface area contributed by atoms with Crippen molar-refractivity contribution in [1.29, 1.82) is 0 Å². The number of hydrogen-bond acceptors (Lipinski definition) is 3. The summed E-state index contributed by atoms with van der Waals surface area (Å²) in [5, 5.41) is 20.8. The van der Waals surface area contributed by atoms with E-state index in [9.17, 15) is 10.0 Å². The minimum Gasteiger partial charge on any atom is -0.423 e. The maximum absolute atomic E-state index is 10.4. The molecule has 2 aliphatic rings. The first-order valence-corrected chi connectivity index (χ1v) is 14.9. The molecule has 0 heterocycles. The van der Waals surface area contributed by atoms with Crippen LogP contribution in [0.5, 0.6) is 0 Å². The van der Waals surface area contributed by atoms with E-state index in [1.807, 2.05) is 30.0 Å². The fourth-order valence-corrected chi connectivity index (χ4v) is 7.35. The predicted octanol–water partition coefficient (Wildman–Crippen LogP) is 7.66. The van der Waals surface area contributed by atoms with E-state index in [1.165, 1.54) is 51.1 Å². The zero-order valence-corrected chi connectivity index (χ0v) is 23.6. The molecule has 2 aliphatic carbocycles. The van der Waals surface area contributed by atoms with Crippen molar-refractivity contribution in [1.82, 2.24) is 0 Å². The molecule has 0 bridgehead atoms. The van der Waals surface area contributed by atoms with Gasteiger partial charge < -0.3 is 10.0 Å². The maximum Gasteiger partial charge on any atom is 0.489 e. The van der Waals surface area contributed by atoms with Crippen molar-refractivity contribution >= 4 is 29.9 Å². The van der Waals surface area contributed by atoms with Gasteiger partial charge in [0.15, 0.2) is 0 Å². The van der Waals surface area contributed by atoms with Crippen molar-refractivity contribution in [3.05, 3.63) is 113 Å². The van der Waals surface area contributed by atoms with E-state index in [0.29, 0.717) is 5.46 Å². The minimum atomic E-state index is -1.54. The number of fused-ring (bicyclic) bond motifs is 7. The molecular weight excluding hydrogens is 483 g/mol. The smallest absolute Gasteiger partial charge is 0.423 e. The average molecular weight is 521 g/mol. The van der Waals surface area contributed by atoms with Crippen LogP contribution >= 0.6 is 11.8 Å². The van der Waals surface area contributed by atoms with E-state index < -0.39 is 12.5 Å². The van der Waals surface area contributed by atoms with Crippen LogP contribution in [-0.2, 0) is 5.41 Å². The molecule has 5 rings (SSSR count). The van der Waals surface area contributed by atoms with Gasteiger partial charge in [-0.15, -0.1) is 11.8 Å². The molecule has 0 aromatic heterocycles. The number of unbranched alkanes of at least 4 members (excludes halogenated alkanes) is 2. The molecule has 1 spiro atoms. The second kappa shape index (κ2) is 11.1. The number of allylic oxidation sites excluding steroid dienone is 5. The molecule has 0 saturated carbocycles. The Morgan fingerprint density at radius 2 is 1.68 bits per heavy atom. The van der Waals surface area contributed by atoms with Gasteiger partial charge in [-0.2, -0.15) is 0 Å². The van der Waals surface area contributed by atoms with E-state index in [0.717, 1.165) is 41.7 Å². The van der Waals surface area contributed by atoms with E-state index in [-0.39, 0.29) is 0 Å². The van der Waals surface area contributed by atoms with Crippen molar-refractivity contribution in [2.45, 2.75) is 63.2 Å². The highest BCUT2D eigenvalue weighted by atomic mass is 32.2. The zero-order chi connectivity index (χ0) is 26.9. The Morgan fingerprint density at radius 1 is 0.921 bits per heavy atom. The first-order chi connectivity index (χ1) is 18.5. The fraction of sp³-hybridized carbons (Fsp3) is 0.294. The van der Waals surface area contributed by atoms with Crippen molar-refractivity contribution in [3.63, 3.8) is 0 Å². The van der Waals surface area contributed by atoms with Gasteiger partial charge in [0.25, 0.3) is 0 Å². The normalized spacial score (nSPS) is 17.6. The largest absolute Gasteiger partial charge is 0.489 e. The fourth-order valence-electron chi connectivity index (χ4n) is 6.32. The monoisotopic (exact) mass is 520 g/mol. The van der Waals surface area contributed by atoms with Crippen LogP contribution in [0.4, 0.5) is 0 Å².